The number of benzene rings is 1. The lowest BCUT2D eigenvalue weighted by molar-refractivity contribution is 0.172. The van der Waals surface area contributed by atoms with E-state index in [1.165, 1.54) is 30.5 Å². The van der Waals surface area contributed by atoms with Crippen LogP contribution in [-0.2, 0) is 0 Å². The molecular weight excluding hydrogens is 256 g/mol. The molecule has 1 saturated carbocycles. The quantitative estimate of drug-likeness (QED) is 0.859. The highest BCUT2D eigenvalue weighted by atomic mass is 15.1. The van der Waals surface area contributed by atoms with Gasteiger partial charge < -0.3 is 10.2 Å². The minimum atomic E-state index is 0.504. The summed E-state index contributed by atoms with van der Waals surface area (Å²) in [7, 11) is 4.23. The molecule has 1 aliphatic carbocycles. The number of rotatable bonds is 5. The molecule has 2 rings (SSSR count). The van der Waals surface area contributed by atoms with Gasteiger partial charge in [-0.1, -0.05) is 39.3 Å². The molecule has 1 aromatic carbocycles. The molecule has 1 aliphatic rings. The smallest absolute Gasteiger partial charge is 0.0364 e. The molecule has 0 radical (unpaired) electrons. The lowest BCUT2D eigenvalue weighted by Crippen LogP contribution is -2.33. The van der Waals surface area contributed by atoms with Crippen LogP contribution < -0.4 is 10.2 Å². The molecule has 2 nitrogen and oxygen atoms in total. The standard InChI is InChI=1S/C19H32N2/c1-6-20-19(17-11-10-14(2)15(3)12-17)16-8-7-9-18(13-16)21(4)5/h7-9,13-15,17,19-20H,6,10-12H2,1-5H3. The second kappa shape index (κ2) is 7.31. The van der Waals surface area contributed by atoms with Gasteiger partial charge in [-0.3, -0.25) is 0 Å². The maximum Gasteiger partial charge on any atom is 0.0364 e. The van der Waals surface area contributed by atoms with E-state index < -0.39 is 0 Å². The van der Waals surface area contributed by atoms with Crippen molar-refractivity contribution >= 4 is 5.69 Å². The van der Waals surface area contributed by atoms with Crippen LogP contribution >= 0.6 is 0 Å². The zero-order valence-corrected chi connectivity index (χ0v) is 14.4. The van der Waals surface area contributed by atoms with E-state index in [9.17, 15) is 0 Å². The summed E-state index contributed by atoms with van der Waals surface area (Å²) in [5.74, 6) is 2.51. The summed E-state index contributed by atoms with van der Waals surface area (Å²) < 4.78 is 0. The molecule has 4 unspecified atom stereocenters. The van der Waals surface area contributed by atoms with Crippen molar-refractivity contribution in [3.05, 3.63) is 29.8 Å². The normalized spacial score (nSPS) is 27.4. The van der Waals surface area contributed by atoms with Gasteiger partial charge in [-0.25, -0.2) is 0 Å². The van der Waals surface area contributed by atoms with Crippen molar-refractivity contribution in [3.8, 4) is 0 Å². The second-order valence-electron chi connectivity index (χ2n) is 7.05. The lowest BCUT2D eigenvalue weighted by atomic mass is 9.72. The van der Waals surface area contributed by atoms with E-state index in [0.717, 1.165) is 24.3 Å². The summed E-state index contributed by atoms with van der Waals surface area (Å²) in [4.78, 5) is 2.19. The average molecular weight is 288 g/mol. The molecule has 0 amide bonds. The Labute approximate surface area is 130 Å². The third kappa shape index (κ3) is 4.00. The summed E-state index contributed by atoms with van der Waals surface area (Å²) in [5, 5.41) is 3.75. The van der Waals surface area contributed by atoms with Crippen LogP contribution in [0.1, 0.15) is 51.6 Å². The predicted octanol–water partition coefficient (Wildman–Crippen LogP) is 4.48. The molecule has 1 fully saturated rings. The van der Waals surface area contributed by atoms with Gasteiger partial charge in [0.2, 0.25) is 0 Å². The fourth-order valence-corrected chi connectivity index (χ4v) is 3.66. The Morgan fingerprint density at radius 3 is 2.57 bits per heavy atom. The van der Waals surface area contributed by atoms with E-state index in [2.05, 4.69) is 69.3 Å². The van der Waals surface area contributed by atoms with Gasteiger partial charge in [0.05, 0.1) is 0 Å². The van der Waals surface area contributed by atoms with Crippen LogP contribution in [0.15, 0.2) is 24.3 Å². The van der Waals surface area contributed by atoms with Gasteiger partial charge in [-0.15, -0.1) is 0 Å². The van der Waals surface area contributed by atoms with Crippen molar-refractivity contribution in [2.45, 2.75) is 46.1 Å². The number of hydrogen-bond acceptors (Lipinski definition) is 2. The minimum Gasteiger partial charge on any atom is -0.378 e. The topological polar surface area (TPSA) is 15.3 Å². The Kier molecular flexibility index (Phi) is 5.69. The number of hydrogen-bond donors (Lipinski definition) is 1. The van der Waals surface area contributed by atoms with Crippen molar-refractivity contribution in [1.29, 1.82) is 0 Å². The maximum absolute atomic E-state index is 3.75. The lowest BCUT2D eigenvalue weighted by Gasteiger charge is -2.37. The molecule has 1 N–H and O–H groups in total. The Morgan fingerprint density at radius 2 is 1.95 bits per heavy atom. The molecule has 0 saturated heterocycles. The number of nitrogens with zero attached hydrogens (tertiary/aromatic N) is 1. The van der Waals surface area contributed by atoms with Crippen molar-refractivity contribution in [3.63, 3.8) is 0 Å². The molecule has 2 heteroatoms. The molecule has 0 heterocycles. The minimum absolute atomic E-state index is 0.504. The van der Waals surface area contributed by atoms with Gasteiger partial charge in [0.1, 0.15) is 0 Å². The summed E-state index contributed by atoms with van der Waals surface area (Å²) in [6, 6.07) is 9.55. The Hall–Kier alpha value is -1.02. The van der Waals surface area contributed by atoms with Crippen LogP contribution in [0.4, 0.5) is 5.69 Å². The monoisotopic (exact) mass is 288 g/mol. The first-order chi connectivity index (χ1) is 10.0. The van der Waals surface area contributed by atoms with E-state index in [-0.39, 0.29) is 0 Å². The Morgan fingerprint density at radius 1 is 1.19 bits per heavy atom. The highest BCUT2D eigenvalue weighted by Crippen LogP contribution is 2.40. The molecule has 0 bridgehead atoms. The van der Waals surface area contributed by atoms with Crippen LogP contribution in [0.2, 0.25) is 0 Å². The van der Waals surface area contributed by atoms with Gasteiger partial charge in [0, 0.05) is 25.8 Å². The van der Waals surface area contributed by atoms with Crippen LogP contribution in [0.5, 0.6) is 0 Å². The molecule has 0 spiro atoms. The zero-order valence-electron chi connectivity index (χ0n) is 14.4. The van der Waals surface area contributed by atoms with E-state index in [1.807, 2.05) is 0 Å². The second-order valence-corrected chi connectivity index (χ2v) is 7.05. The van der Waals surface area contributed by atoms with E-state index in [1.54, 1.807) is 0 Å². The zero-order chi connectivity index (χ0) is 15.4. The summed E-state index contributed by atoms with van der Waals surface area (Å²) in [5.41, 5.74) is 2.75. The van der Waals surface area contributed by atoms with Gasteiger partial charge in [-0.05, 0) is 54.8 Å². The first-order valence-corrected chi connectivity index (χ1v) is 8.53. The third-order valence-electron chi connectivity index (χ3n) is 5.28. The molecule has 0 aromatic heterocycles. The van der Waals surface area contributed by atoms with Crippen LogP contribution in [0, 0.1) is 17.8 Å². The van der Waals surface area contributed by atoms with Gasteiger partial charge in [-0.2, -0.15) is 0 Å². The highest BCUT2D eigenvalue weighted by molar-refractivity contribution is 5.48. The van der Waals surface area contributed by atoms with Crippen molar-refractivity contribution < 1.29 is 0 Å². The summed E-state index contributed by atoms with van der Waals surface area (Å²) >= 11 is 0. The maximum atomic E-state index is 3.75. The first-order valence-electron chi connectivity index (χ1n) is 8.53. The van der Waals surface area contributed by atoms with E-state index >= 15 is 0 Å². The van der Waals surface area contributed by atoms with Crippen LogP contribution in [0.25, 0.3) is 0 Å². The molecule has 1 aromatic rings. The van der Waals surface area contributed by atoms with E-state index in [0.29, 0.717) is 6.04 Å². The highest BCUT2D eigenvalue weighted by Gasteiger charge is 2.30. The number of nitrogens with one attached hydrogen (secondary N) is 1. The largest absolute Gasteiger partial charge is 0.378 e. The number of anilines is 1. The fourth-order valence-electron chi connectivity index (χ4n) is 3.66. The average Bonchev–Trinajstić information content (AvgIpc) is 2.48. The van der Waals surface area contributed by atoms with Crippen LogP contribution in [-0.4, -0.2) is 20.6 Å². The predicted molar refractivity (Wildman–Crippen MR) is 92.9 cm³/mol. The third-order valence-corrected chi connectivity index (χ3v) is 5.28. The van der Waals surface area contributed by atoms with E-state index in [4.69, 9.17) is 0 Å². The Bertz CT molecular complexity index is 441. The molecule has 4 atom stereocenters. The van der Waals surface area contributed by atoms with Crippen molar-refractivity contribution in [1.82, 2.24) is 5.32 Å². The molecule has 118 valence electrons. The van der Waals surface area contributed by atoms with Crippen molar-refractivity contribution in [2.24, 2.45) is 17.8 Å². The van der Waals surface area contributed by atoms with Gasteiger partial charge >= 0.3 is 0 Å². The molecule has 0 aliphatic heterocycles. The van der Waals surface area contributed by atoms with Gasteiger partial charge in [0.15, 0.2) is 0 Å². The van der Waals surface area contributed by atoms with Crippen molar-refractivity contribution in [2.75, 3.05) is 25.5 Å². The van der Waals surface area contributed by atoms with Gasteiger partial charge in [0.25, 0.3) is 0 Å². The van der Waals surface area contributed by atoms with Crippen LogP contribution in [0.3, 0.4) is 0 Å². The SMILES string of the molecule is CCNC(c1cccc(N(C)C)c1)C1CCC(C)C(C)C1. The first kappa shape index (κ1) is 16.4. The summed E-state index contributed by atoms with van der Waals surface area (Å²) in [6.07, 6.45) is 4.08. The fraction of sp³-hybridized carbons (Fsp3) is 0.684. The Balaban J connectivity index is 2.20. The summed E-state index contributed by atoms with van der Waals surface area (Å²) in [6.45, 7) is 8.10. The molecule has 21 heavy (non-hydrogen) atoms. The molecular formula is C19H32N2.